The third-order valence-electron chi connectivity index (χ3n) is 4.99. The van der Waals surface area contributed by atoms with Crippen LogP contribution in [0.3, 0.4) is 0 Å². The molecule has 0 saturated heterocycles. The highest BCUT2D eigenvalue weighted by Crippen LogP contribution is 2.15. The Kier molecular flexibility index (Phi) is 6.77. The zero-order valence-corrected chi connectivity index (χ0v) is 17.5. The van der Waals surface area contributed by atoms with Crippen LogP contribution in [0.5, 0.6) is 0 Å². The van der Waals surface area contributed by atoms with Gasteiger partial charge in [-0.1, -0.05) is 18.2 Å². The van der Waals surface area contributed by atoms with E-state index in [1.165, 1.54) is 11.1 Å². The van der Waals surface area contributed by atoms with E-state index in [4.69, 9.17) is 4.74 Å². The number of nitrogens with one attached hydrogen (secondary N) is 1. The first-order chi connectivity index (χ1) is 14.0. The fourth-order valence-electron chi connectivity index (χ4n) is 3.21. The van der Waals surface area contributed by atoms with Gasteiger partial charge in [0, 0.05) is 19.8 Å². The molecule has 3 aromatic rings. The Bertz CT molecular complexity index is 1090. The van der Waals surface area contributed by atoms with Crippen molar-refractivity contribution in [2.45, 2.75) is 40.7 Å². The monoisotopic (exact) mass is 392 g/mol. The van der Waals surface area contributed by atoms with Gasteiger partial charge in [-0.15, -0.1) is 0 Å². The van der Waals surface area contributed by atoms with Crippen molar-refractivity contribution in [2.75, 3.05) is 18.6 Å². The Morgan fingerprint density at radius 2 is 1.90 bits per heavy atom. The Morgan fingerprint density at radius 1 is 1.14 bits per heavy atom. The van der Waals surface area contributed by atoms with E-state index in [9.17, 15) is 4.79 Å². The number of benzene rings is 2. The topological polar surface area (TPSA) is 68.5 Å². The summed E-state index contributed by atoms with van der Waals surface area (Å²) in [6.07, 6.45) is 2.50. The van der Waals surface area contributed by atoms with Crippen LogP contribution in [0.25, 0.3) is 10.9 Å². The summed E-state index contributed by atoms with van der Waals surface area (Å²) in [5, 5.41) is 4.97. The Balaban J connectivity index is 1.90. The third kappa shape index (κ3) is 4.90. The number of fused-ring (bicyclic) bond motifs is 1. The molecule has 0 aliphatic heterocycles. The lowest BCUT2D eigenvalue weighted by molar-refractivity contribution is 0.141. The molecule has 6 nitrogen and oxygen atoms in total. The number of aromatic nitrogens is 2. The van der Waals surface area contributed by atoms with Gasteiger partial charge >= 0.3 is 0 Å². The van der Waals surface area contributed by atoms with Crippen LogP contribution in [-0.2, 0) is 11.3 Å². The molecular weight excluding hydrogens is 364 g/mol. The number of para-hydroxylation sites is 1. The summed E-state index contributed by atoms with van der Waals surface area (Å²) in [7, 11) is 0. The van der Waals surface area contributed by atoms with Crippen LogP contribution in [-0.4, -0.2) is 29.0 Å². The van der Waals surface area contributed by atoms with Gasteiger partial charge in [-0.25, -0.2) is 10.4 Å². The van der Waals surface area contributed by atoms with Crippen LogP contribution in [0.2, 0.25) is 0 Å². The normalized spacial score (nSPS) is 11.4. The van der Waals surface area contributed by atoms with Gasteiger partial charge < -0.3 is 4.74 Å². The Morgan fingerprint density at radius 3 is 2.69 bits per heavy atom. The maximum absolute atomic E-state index is 13.0. The highest BCUT2D eigenvalue weighted by Gasteiger charge is 2.10. The van der Waals surface area contributed by atoms with E-state index < -0.39 is 0 Å². The van der Waals surface area contributed by atoms with Crippen LogP contribution in [0.1, 0.15) is 35.6 Å². The molecule has 29 heavy (non-hydrogen) atoms. The number of hydrogen-bond acceptors (Lipinski definition) is 5. The molecule has 0 bridgehead atoms. The first-order valence-electron chi connectivity index (χ1n) is 9.95. The van der Waals surface area contributed by atoms with Gasteiger partial charge in [-0.05, 0) is 74.6 Å². The standard InChI is InChI=1S/C23H28N4O2/c1-5-29-12-8-11-27-22(28)20-9-6-7-10-21(20)25-23(27)26-24-15-19-14-17(3)16(2)13-18(19)4/h6-7,9-10,13-15H,5,8,11-12H2,1-4H3,(H,25,26)/b24-15-. The molecule has 1 heterocycles. The van der Waals surface area contributed by atoms with E-state index in [-0.39, 0.29) is 5.56 Å². The van der Waals surface area contributed by atoms with E-state index in [1.807, 2.05) is 25.1 Å². The molecule has 1 aromatic heterocycles. The summed E-state index contributed by atoms with van der Waals surface area (Å²) in [4.78, 5) is 17.6. The SMILES string of the molecule is CCOCCCn1c(N/N=C\c2cc(C)c(C)cc2C)nc2ccccc2c1=O. The Labute approximate surface area is 171 Å². The van der Waals surface area contributed by atoms with Crippen LogP contribution >= 0.6 is 0 Å². The lowest BCUT2D eigenvalue weighted by Crippen LogP contribution is -2.25. The van der Waals surface area contributed by atoms with Crippen LogP contribution in [0.15, 0.2) is 46.3 Å². The van der Waals surface area contributed by atoms with E-state index in [1.54, 1.807) is 16.8 Å². The predicted molar refractivity (Wildman–Crippen MR) is 119 cm³/mol. The molecule has 0 amide bonds. The second-order valence-corrected chi connectivity index (χ2v) is 7.12. The van der Waals surface area contributed by atoms with Gasteiger partial charge in [-0.2, -0.15) is 5.10 Å². The molecule has 1 N–H and O–H groups in total. The summed E-state index contributed by atoms with van der Waals surface area (Å²) in [5.41, 5.74) is 8.21. The lowest BCUT2D eigenvalue weighted by Gasteiger charge is -2.13. The van der Waals surface area contributed by atoms with Crippen molar-refractivity contribution in [2.24, 2.45) is 5.10 Å². The summed E-state index contributed by atoms with van der Waals surface area (Å²) >= 11 is 0. The molecule has 0 aliphatic carbocycles. The summed E-state index contributed by atoms with van der Waals surface area (Å²) in [6, 6.07) is 11.6. The van der Waals surface area contributed by atoms with Crippen LogP contribution < -0.4 is 11.0 Å². The van der Waals surface area contributed by atoms with E-state index in [0.717, 1.165) is 17.5 Å². The minimum atomic E-state index is -0.0767. The van der Waals surface area contributed by atoms with E-state index >= 15 is 0 Å². The quantitative estimate of drug-likeness (QED) is 0.354. The summed E-state index contributed by atoms with van der Waals surface area (Å²) in [6.45, 7) is 9.97. The molecule has 0 spiro atoms. The third-order valence-corrected chi connectivity index (χ3v) is 4.99. The average Bonchev–Trinajstić information content (AvgIpc) is 2.71. The highest BCUT2D eigenvalue weighted by molar-refractivity contribution is 5.83. The zero-order chi connectivity index (χ0) is 20.8. The molecule has 3 rings (SSSR count). The van der Waals surface area contributed by atoms with E-state index in [2.05, 4.69) is 48.4 Å². The second-order valence-electron chi connectivity index (χ2n) is 7.12. The van der Waals surface area contributed by atoms with Gasteiger partial charge in [0.05, 0.1) is 17.1 Å². The molecule has 0 saturated carbocycles. The predicted octanol–water partition coefficient (Wildman–Crippen LogP) is 4.19. The molecule has 6 heteroatoms. The van der Waals surface area contributed by atoms with Crippen molar-refractivity contribution >= 4 is 23.1 Å². The number of ether oxygens (including phenoxy) is 1. The van der Waals surface area contributed by atoms with Crippen molar-refractivity contribution in [1.82, 2.24) is 9.55 Å². The first-order valence-corrected chi connectivity index (χ1v) is 9.95. The molecule has 152 valence electrons. The average molecular weight is 393 g/mol. The van der Waals surface area contributed by atoms with Crippen LogP contribution in [0.4, 0.5) is 5.95 Å². The summed E-state index contributed by atoms with van der Waals surface area (Å²) < 4.78 is 7.04. The largest absolute Gasteiger partial charge is 0.382 e. The van der Waals surface area contributed by atoms with Gasteiger partial charge in [0.1, 0.15) is 0 Å². The maximum Gasteiger partial charge on any atom is 0.262 e. The number of anilines is 1. The second kappa shape index (κ2) is 9.47. The number of hydrazone groups is 1. The van der Waals surface area contributed by atoms with Gasteiger partial charge in [-0.3, -0.25) is 9.36 Å². The molecule has 0 atom stereocenters. The minimum Gasteiger partial charge on any atom is -0.382 e. The van der Waals surface area contributed by atoms with Gasteiger partial charge in [0.2, 0.25) is 5.95 Å². The van der Waals surface area contributed by atoms with Crippen molar-refractivity contribution in [3.05, 3.63) is 69.0 Å². The Hall–Kier alpha value is -2.99. The van der Waals surface area contributed by atoms with E-state index in [0.29, 0.717) is 36.6 Å². The molecule has 0 fully saturated rings. The molecule has 2 aromatic carbocycles. The number of aryl methyl sites for hydroxylation is 3. The van der Waals surface area contributed by atoms with Gasteiger partial charge in [0.15, 0.2) is 0 Å². The highest BCUT2D eigenvalue weighted by atomic mass is 16.5. The fraction of sp³-hybridized carbons (Fsp3) is 0.348. The molecule has 0 aliphatic rings. The van der Waals surface area contributed by atoms with Crippen molar-refractivity contribution < 1.29 is 4.74 Å². The number of rotatable bonds is 8. The van der Waals surface area contributed by atoms with Crippen molar-refractivity contribution in [3.63, 3.8) is 0 Å². The molecular formula is C23H28N4O2. The van der Waals surface area contributed by atoms with Crippen LogP contribution in [0, 0.1) is 20.8 Å². The zero-order valence-electron chi connectivity index (χ0n) is 17.5. The van der Waals surface area contributed by atoms with Gasteiger partial charge in [0.25, 0.3) is 5.56 Å². The number of nitrogens with zero attached hydrogens (tertiary/aromatic N) is 3. The summed E-state index contributed by atoms with van der Waals surface area (Å²) in [5.74, 6) is 0.433. The van der Waals surface area contributed by atoms with Crippen molar-refractivity contribution in [1.29, 1.82) is 0 Å². The smallest absolute Gasteiger partial charge is 0.262 e. The maximum atomic E-state index is 13.0. The molecule has 0 unspecified atom stereocenters. The number of hydrogen-bond donors (Lipinski definition) is 1. The van der Waals surface area contributed by atoms with Crippen molar-refractivity contribution in [3.8, 4) is 0 Å². The first kappa shape index (κ1) is 20.7. The minimum absolute atomic E-state index is 0.0767. The molecule has 0 radical (unpaired) electrons. The fourth-order valence-corrected chi connectivity index (χ4v) is 3.21. The lowest BCUT2D eigenvalue weighted by atomic mass is 10.0.